The fourth-order valence-corrected chi connectivity index (χ4v) is 7.70. The number of nitrogens with zero attached hydrogens (tertiary/aromatic N) is 1. The number of aromatic nitrogens is 1. The molecule has 11 heteroatoms. The summed E-state index contributed by atoms with van der Waals surface area (Å²) >= 11 is 0. The van der Waals surface area contributed by atoms with Crippen molar-refractivity contribution in [2.75, 3.05) is 12.0 Å². The van der Waals surface area contributed by atoms with E-state index in [4.69, 9.17) is 0 Å². The van der Waals surface area contributed by atoms with Crippen LogP contribution in [0.4, 0.5) is 0 Å². The van der Waals surface area contributed by atoms with Gasteiger partial charge in [-0.05, 0) is 55.6 Å². The van der Waals surface area contributed by atoms with Crippen molar-refractivity contribution < 1.29 is 26.7 Å². The summed E-state index contributed by atoms with van der Waals surface area (Å²) in [4.78, 5) is 17.3. The van der Waals surface area contributed by atoms with Crippen molar-refractivity contribution in [2.45, 2.75) is 69.5 Å². The van der Waals surface area contributed by atoms with Crippen LogP contribution in [0.15, 0.2) is 41.4 Å². The summed E-state index contributed by atoms with van der Waals surface area (Å²) < 4.78 is 52.9. The van der Waals surface area contributed by atoms with Crippen LogP contribution in [0.2, 0.25) is 0 Å². The van der Waals surface area contributed by atoms with E-state index < -0.39 is 49.7 Å². The van der Waals surface area contributed by atoms with E-state index in [1.54, 1.807) is 24.3 Å². The average Bonchev–Trinajstić information content (AvgIpc) is 3.11. The highest BCUT2D eigenvalue weighted by Crippen LogP contribution is 2.38. The number of benzene rings is 1. The number of aliphatic hydroxyl groups is 1. The number of carbonyl (C=O) groups is 1. The van der Waals surface area contributed by atoms with Crippen LogP contribution < -0.4 is 10.0 Å². The van der Waals surface area contributed by atoms with Crippen LogP contribution in [0, 0.1) is 17.8 Å². The van der Waals surface area contributed by atoms with Crippen LogP contribution in [0.1, 0.15) is 46.5 Å². The molecular weight excluding hydrogens is 502 g/mol. The smallest absolute Gasteiger partial charge is 0.239 e. The number of sulfonamides is 1. The third kappa shape index (κ3) is 7.24. The van der Waals surface area contributed by atoms with Gasteiger partial charge in [-0.3, -0.25) is 9.78 Å². The maximum atomic E-state index is 13.3. The number of pyridine rings is 1. The lowest BCUT2D eigenvalue weighted by Crippen LogP contribution is -2.54. The molecule has 6 atom stereocenters. The van der Waals surface area contributed by atoms with E-state index in [9.17, 15) is 26.7 Å². The van der Waals surface area contributed by atoms with E-state index in [0.29, 0.717) is 36.0 Å². The van der Waals surface area contributed by atoms with Crippen LogP contribution >= 0.6 is 0 Å². The summed E-state index contributed by atoms with van der Waals surface area (Å²) in [6, 6.07) is 5.89. The van der Waals surface area contributed by atoms with Crippen molar-refractivity contribution in [1.29, 1.82) is 0 Å². The largest absolute Gasteiger partial charge is 0.391 e. The highest BCUT2D eigenvalue weighted by molar-refractivity contribution is 7.92. The van der Waals surface area contributed by atoms with Gasteiger partial charge in [-0.25, -0.2) is 21.6 Å². The molecule has 1 fully saturated rings. The number of rotatable bonds is 11. The Labute approximate surface area is 214 Å². The van der Waals surface area contributed by atoms with Gasteiger partial charge in [0.05, 0.1) is 34.6 Å². The van der Waals surface area contributed by atoms with Crippen LogP contribution in [0.5, 0.6) is 0 Å². The zero-order valence-electron chi connectivity index (χ0n) is 21.2. The molecule has 1 aliphatic carbocycles. The second-order valence-corrected chi connectivity index (χ2v) is 14.0. The first-order valence-corrected chi connectivity index (χ1v) is 15.9. The third-order valence-corrected chi connectivity index (χ3v) is 9.53. The summed E-state index contributed by atoms with van der Waals surface area (Å²) in [5.41, 5.74) is 0.250. The summed E-state index contributed by atoms with van der Waals surface area (Å²) in [5, 5.41) is 14.2. The highest BCUT2D eigenvalue weighted by Gasteiger charge is 2.35. The molecule has 3 rings (SSSR count). The minimum Gasteiger partial charge on any atom is -0.391 e. The molecular formula is C25H37N3O6S2. The van der Waals surface area contributed by atoms with Gasteiger partial charge < -0.3 is 10.4 Å². The molecule has 1 aromatic carbocycles. The molecule has 1 amide bonds. The second-order valence-electron chi connectivity index (χ2n) is 10.2. The van der Waals surface area contributed by atoms with E-state index >= 15 is 0 Å². The van der Waals surface area contributed by atoms with Gasteiger partial charge in [0.1, 0.15) is 6.04 Å². The van der Waals surface area contributed by atoms with Gasteiger partial charge >= 0.3 is 0 Å². The molecule has 3 N–H and O–H groups in total. The lowest BCUT2D eigenvalue weighted by Gasteiger charge is -2.28. The molecule has 0 bridgehead atoms. The average molecular weight is 540 g/mol. The maximum Gasteiger partial charge on any atom is 0.239 e. The molecule has 0 saturated heterocycles. The summed E-state index contributed by atoms with van der Waals surface area (Å²) in [5.74, 6) is -0.183. The Kier molecular flexibility index (Phi) is 9.13. The van der Waals surface area contributed by atoms with Crippen molar-refractivity contribution in [1.82, 2.24) is 15.0 Å². The zero-order valence-corrected chi connectivity index (χ0v) is 22.8. The Morgan fingerprint density at radius 3 is 2.44 bits per heavy atom. The van der Waals surface area contributed by atoms with Gasteiger partial charge in [0.15, 0.2) is 9.84 Å². The summed E-state index contributed by atoms with van der Waals surface area (Å²) in [6.45, 7) is 6.17. The van der Waals surface area contributed by atoms with E-state index in [1.165, 1.54) is 12.3 Å². The van der Waals surface area contributed by atoms with E-state index in [2.05, 4.69) is 28.9 Å². The number of amides is 1. The number of fused-ring (bicyclic) bond motifs is 1. The molecule has 9 nitrogen and oxygen atoms in total. The molecule has 3 unspecified atom stereocenters. The van der Waals surface area contributed by atoms with Crippen molar-refractivity contribution in [3.63, 3.8) is 0 Å². The molecule has 0 spiro atoms. The number of carbonyl (C=O) groups excluding carboxylic acids is 1. The predicted octanol–water partition coefficient (Wildman–Crippen LogP) is 2.25. The van der Waals surface area contributed by atoms with Crippen molar-refractivity contribution in [3.8, 4) is 0 Å². The zero-order chi connectivity index (χ0) is 26.7. The summed E-state index contributed by atoms with van der Waals surface area (Å²) in [7, 11) is -8.02. The van der Waals surface area contributed by atoms with E-state index in [0.717, 1.165) is 19.1 Å². The topological polar surface area (TPSA) is 143 Å². The molecule has 1 heterocycles. The Morgan fingerprint density at radius 1 is 1.14 bits per heavy atom. The second kappa shape index (κ2) is 11.5. The first-order valence-electron chi connectivity index (χ1n) is 12.3. The normalized spacial score (nSPS) is 23.3. The molecule has 0 radical (unpaired) electrons. The Balaban J connectivity index is 1.80. The Hall–Kier alpha value is -2.08. The van der Waals surface area contributed by atoms with Crippen molar-refractivity contribution in [3.05, 3.63) is 36.5 Å². The number of aliphatic hydroxyl groups excluding tert-OH is 1. The number of nitrogens with one attached hydrogen (secondary N) is 2. The van der Waals surface area contributed by atoms with Crippen LogP contribution in [-0.4, -0.2) is 63.0 Å². The molecule has 1 saturated carbocycles. The first-order chi connectivity index (χ1) is 16.8. The number of sulfone groups is 1. The van der Waals surface area contributed by atoms with Gasteiger partial charge in [-0.2, -0.15) is 0 Å². The van der Waals surface area contributed by atoms with Crippen LogP contribution in [0.25, 0.3) is 10.9 Å². The lowest BCUT2D eigenvalue weighted by molar-refractivity contribution is -0.124. The number of hydrogen-bond acceptors (Lipinski definition) is 7. The third-order valence-electron chi connectivity index (χ3n) is 7.05. The van der Waals surface area contributed by atoms with Crippen molar-refractivity contribution in [2.24, 2.45) is 17.8 Å². The van der Waals surface area contributed by atoms with Gasteiger partial charge in [0.25, 0.3) is 0 Å². The van der Waals surface area contributed by atoms with Crippen LogP contribution in [-0.2, 0) is 24.7 Å². The van der Waals surface area contributed by atoms with Crippen molar-refractivity contribution >= 4 is 36.7 Å². The fraction of sp³-hybridized carbons (Fsp3) is 0.600. The molecule has 0 aliphatic heterocycles. The van der Waals surface area contributed by atoms with Gasteiger partial charge in [0, 0.05) is 11.6 Å². The predicted molar refractivity (Wildman–Crippen MR) is 139 cm³/mol. The number of hydrogen-bond donors (Lipinski definition) is 3. The molecule has 36 heavy (non-hydrogen) atoms. The van der Waals surface area contributed by atoms with Gasteiger partial charge in [-0.1, -0.05) is 39.0 Å². The summed E-state index contributed by atoms with van der Waals surface area (Å²) in [6.07, 6.45) is 4.56. The maximum absolute atomic E-state index is 13.3. The Bertz CT molecular complexity index is 1280. The molecule has 1 aromatic heterocycles. The Morgan fingerprint density at radius 2 is 1.83 bits per heavy atom. The minimum absolute atomic E-state index is 0.0786. The highest BCUT2D eigenvalue weighted by atomic mass is 32.2. The standard InChI is InChI=1S/C25H37N3O6S2/c1-5-20(22(29)14-19-13-16(2)12-17(19)3)27-25(30)21(28-35(4,31)32)15-36(33,34)23-10-6-8-18-9-7-11-26-24(18)23/h6-11,16-17,19-22,28-29H,5,12-15H2,1-4H3,(H,27,30)/t16?,17?,19?,20-,21+,22+/m0/s1. The SMILES string of the molecule is CC[C@H](NC(=O)[C@@H](CS(=O)(=O)c1cccc2cccnc12)NS(C)(=O)=O)[C@H](O)CC1CC(C)CC1C. The van der Waals surface area contributed by atoms with Gasteiger partial charge in [-0.15, -0.1) is 0 Å². The monoisotopic (exact) mass is 539 g/mol. The van der Waals surface area contributed by atoms with E-state index in [1.807, 2.05) is 6.92 Å². The number of para-hydroxylation sites is 1. The van der Waals surface area contributed by atoms with Crippen LogP contribution in [0.3, 0.4) is 0 Å². The minimum atomic E-state index is -4.11. The molecule has 1 aliphatic rings. The van der Waals surface area contributed by atoms with Gasteiger partial charge in [0.2, 0.25) is 15.9 Å². The first kappa shape index (κ1) is 28.5. The molecule has 2 aromatic rings. The molecule has 200 valence electrons. The van der Waals surface area contributed by atoms with E-state index in [-0.39, 0.29) is 10.4 Å². The fourth-order valence-electron chi connectivity index (χ4n) is 5.29. The lowest BCUT2D eigenvalue weighted by atomic mass is 9.89. The quantitative estimate of drug-likeness (QED) is 0.397.